The van der Waals surface area contributed by atoms with Gasteiger partial charge in [0.1, 0.15) is 5.82 Å². The molecule has 0 aromatic heterocycles. The van der Waals surface area contributed by atoms with E-state index in [0.29, 0.717) is 17.3 Å². The molecule has 3 rings (SSSR count). The number of halogens is 2. The lowest BCUT2D eigenvalue weighted by Gasteiger charge is -2.23. The number of carboxylic acid groups (broad SMARTS) is 1. The van der Waals surface area contributed by atoms with Crippen molar-refractivity contribution in [3.63, 3.8) is 0 Å². The van der Waals surface area contributed by atoms with Crippen LogP contribution in [0.25, 0.3) is 0 Å². The molecule has 112 valence electrons. The minimum atomic E-state index is -1.04. The highest BCUT2D eigenvalue weighted by molar-refractivity contribution is 9.10. The molecule has 0 unspecified atom stereocenters. The second kappa shape index (κ2) is 5.38. The summed E-state index contributed by atoms with van der Waals surface area (Å²) in [4.78, 5) is 23.7. The summed E-state index contributed by atoms with van der Waals surface area (Å²) in [5.41, 5.74) is 0.0371. The number of ether oxygens (including phenoxy) is 1. The molecule has 2 heterocycles. The molecule has 0 spiro atoms. The van der Waals surface area contributed by atoms with E-state index in [0.717, 1.165) is 0 Å². The summed E-state index contributed by atoms with van der Waals surface area (Å²) in [5, 5.41) is 11.7. The Labute approximate surface area is 128 Å². The van der Waals surface area contributed by atoms with Gasteiger partial charge in [0.2, 0.25) is 5.91 Å². The van der Waals surface area contributed by atoms with Crippen LogP contribution in [-0.2, 0) is 14.3 Å². The second-order valence-corrected chi connectivity index (χ2v) is 6.21. The molecule has 7 heteroatoms. The Balaban J connectivity index is 1.80. The normalized spacial score (nSPS) is 30.4. The minimum Gasteiger partial charge on any atom is -0.481 e. The zero-order valence-electron chi connectivity index (χ0n) is 10.9. The average molecular weight is 358 g/mol. The third-order valence-electron chi connectivity index (χ3n) is 4.05. The first kappa shape index (κ1) is 14.5. The third-order valence-corrected chi connectivity index (χ3v) is 4.54. The Morgan fingerprint density at radius 2 is 1.95 bits per heavy atom. The summed E-state index contributed by atoms with van der Waals surface area (Å²) in [6.45, 7) is 0. The van der Waals surface area contributed by atoms with Crippen molar-refractivity contribution in [2.24, 2.45) is 11.8 Å². The van der Waals surface area contributed by atoms with Crippen molar-refractivity contribution in [3.8, 4) is 0 Å². The van der Waals surface area contributed by atoms with Gasteiger partial charge >= 0.3 is 5.97 Å². The quantitative estimate of drug-likeness (QED) is 0.870. The maximum absolute atomic E-state index is 13.7. The fourth-order valence-corrected chi connectivity index (χ4v) is 3.46. The molecular weight excluding hydrogens is 345 g/mol. The maximum atomic E-state index is 13.7. The lowest BCUT2D eigenvalue weighted by Crippen LogP contribution is -2.41. The number of anilines is 1. The van der Waals surface area contributed by atoms with E-state index in [1.165, 1.54) is 12.1 Å². The fraction of sp³-hybridized carbons (Fsp3) is 0.429. The van der Waals surface area contributed by atoms with Crippen LogP contribution in [-0.4, -0.2) is 29.2 Å². The number of hydrogen-bond acceptors (Lipinski definition) is 3. The van der Waals surface area contributed by atoms with E-state index < -0.39 is 41.7 Å². The average Bonchev–Trinajstić information content (AvgIpc) is 3.02. The van der Waals surface area contributed by atoms with Crippen LogP contribution in [0.15, 0.2) is 22.7 Å². The Morgan fingerprint density at radius 3 is 2.57 bits per heavy atom. The first-order valence-electron chi connectivity index (χ1n) is 6.61. The molecule has 2 saturated heterocycles. The van der Waals surface area contributed by atoms with Crippen LogP contribution in [0.5, 0.6) is 0 Å². The number of hydrogen-bond donors (Lipinski definition) is 2. The van der Waals surface area contributed by atoms with E-state index in [4.69, 9.17) is 4.74 Å². The van der Waals surface area contributed by atoms with E-state index in [-0.39, 0.29) is 5.69 Å². The van der Waals surface area contributed by atoms with Gasteiger partial charge in [0.05, 0.1) is 29.7 Å². The second-order valence-electron chi connectivity index (χ2n) is 5.29. The molecule has 2 bridgehead atoms. The fourth-order valence-electron chi connectivity index (χ4n) is 3.13. The highest BCUT2D eigenvalue weighted by atomic mass is 79.9. The van der Waals surface area contributed by atoms with Gasteiger partial charge in [-0.3, -0.25) is 9.59 Å². The smallest absolute Gasteiger partial charge is 0.310 e. The molecule has 1 aromatic rings. The van der Waals surface area contributed by atoms with Gasteiger partial charge in [0.25, 0.3) is 0 Å². The van der Waals surface area contributed by atoms with Gasteiger partial charge in [-0.25, -0.2) is 4.39 Å². The number of carbonyl (C=O) groups excluding carboxylic acids is 1. The molecule has 4 atom stereocenters. The molecule has 1 amide bonds. The number of fused-ring (bicyclic) bond motifs is 2. The van der Waals surface area contributed by atoms with E-state index in [2.05, 4.69) is 21.2 Å². The van der Waals surface area contributed by atoms with Gasteiger partial charge in [-0.15, -0.1) is 0 Å². The van der Waals surface area contributed by atoms with Crippen LogP contribution < -0.4 is 5.32 Å². The van der Waals surface area contributed by atoms with Crippen molar-refractivity contribution < 1.29 is 23.8 Å². The van der Waals surface area contributed by atoms with Crippen molar-refractivity contribution >= 4 is 33.5 Å². The first-order chi connectivity index (χ1) is 9.97. The number of carboxylic acids is 1. The van der Waals surface area contributed by atoms with Gasteiger partial charge in [0, 0.05) is 4.47 Å². The molecule has 2 aliphatic heterocycles. The molecule has 5 nitrogen and oxygen atoms in total. The predicted molar refractivity (Wildman–Crippen MR) is 75.2 cm³/mol. The van der Waals surface area contributed by atoms with Crippen molar-refractivity contribution in [3.05, 3.63) is 28.5 Å². The number of amides is 1. The molecule has 0 aliphatic carbocycles. The van der Waals surface area contributed by atoms with Crippen molar-refractivity contribution in [2.75, 3.05) is 5.32 Å². The maximum Gasteiger partial charge on any atom is 0.310 e. The summed E-state index contributed by atoms with van der Waals surface area (Å²) in [5.74, 6) is -3.75. The molecule has 1 aromatic carbocycles. The molecule has 21 heavy (non-hydrogen) atoms. The lowest BCUT2D eigenvalue weighted by molar-refractivity contribution is -0.147. The summed E-state index contributed by atoms with van der Waals surface area (Å²) >= 11 is 3.13. The van der Waals surface area contributed by atoms with Crippen LogP contribution in [0.1, 0.15) is 12.8 Å². The standard InChI is InChI=1S/C14H13BrFNO4/c15-6-1-2-8(7(16)5-6)17-13(18)11-9-3-4-10(21-9)12(11)14(19)20/h1-2,5,9-12H,3-4H2,(H,17,18)(H,19,20)/t9-,10+,11+,12+/m1/s1. The van der Waals surface area contributed by atoms with E-state index in [1.54, 1.807) is 6.07 Å². The molecular formula is C14H13BrFNO4. The highest BCUT2D eigenvalue weighted by Gasteiger charge is 2.55. The van der Waals surface area contributed by atoms with E-state index >= 15 is 0 Å². The van der Waals surface area contributed by atoms with E-state index in [9.17, 15) is 19.1 Å². The van der Waals surface area contributed by atoms with Crippen LogP contribution in [0, 0.1) is 17.7 Å². The predicted octanol–water partition coefficient (Wildman–Crippen LogP) is 2.40. The van der Waals surface area contributed by atoms with Gasteiger partial charge in [-0.1, -0.05) is 15.9 Å². The van der Waals surface area contributed by atoms with Crippen molar-refractivity contribution in [1.29, 1.82) is 0 Å². The summed E-state index contributed by atoms with van der Waals surface area (Å²) in [7, 11) is 0. The van der Waals surface area contributed by atoms with E-state index in [1.807, 2.05) is 0 Å². The number of carbonyl (C=O) groups is 2. The zero-order valence-corrected chi connectivity index (χ0v) is 12.5. The van der Waals surface area contributed by atoms with Gasteiger partial charge in [0.15, 0.2) is 0 Å². The Bertz CT molecular complexity index is 609. The topological polar surface area (TPSA) is 75.6 Å². The van der Waals surface area contributed by atoms with Crippen LogP contribution in [0.2, 0.25) is 0 Å². The monoisotopic (exact) mass is 357 g/mol. The van der Waals surface area contributed by atoms with Crippen molar-refractivity contribution in [2.45, 2.75) is 25.0 Å². The third kappa shape index (κ3) is 2.55. The molecule has 0 radical (unpaired) electrons. The SMILES string of the molecule is O=C(O)[C@@H]1[C@@H](C(=O)Nc2ccc(Br)cc2F)[C@H]2CC[C@@H]1O2. The number of rotatable bonds is 3. The van der Waals surface area contributed by atoms with Crippen LogP contribution >= 0.6 is 15.9 Å². The van der Waals surface area contributed by atoms with Crippen LogP contribution in [0.3, 0.4) is 0 Å². The summed E-state index contributed by atoms with van der Waals surface area (Å²) in [6, 6.07) is 4.27. The number of aliphatic carboxylic acids is 1. The van der Waals surface area contributed by atoms with Gasteiger partial charge in [-0.05, 0) is 31.0 Å². The number of nitrogens with one attached hydrogen (secondary N) is 1. The highest BCUT2D eigenvalue weighted by Crippen LogP contribution is 2.44. The Hall–Kier alpha value is -1.47. The van der Waals surface area contributed by atoms with Crippen LogP contribution in [0.4, 0.5) is 10.1 Å². The first-order valence-corrected chi connectivity index (χ1v) is 7.41. The Kier molecular flexibility index (Phi) is 3.71. The Morgan fingerprint density at radius 1 is 1.29 bits per heavy atom. The zero-order chi connectivity index (χ0) is 15.1. The molecule has 2 fully saturated rings. The van der Waals surface area contributed by atoms with Gasteiger partial charge in [-0.2, -0.15) is 0 Å². The molecule has 0 saturated carbocycles. The minimum absolute atomic E-state index is 0.0371. The van der Waals surface area contributed by atoms with Crippen molar-refractivity contribution in [1.82, 2.24) is 0 Å². The lowest BCUT2D eigenvalue weighted by atomic mass is 9.78. The number of benzene rings is 1. The molecule has 2 N–H and O–H groups in total. The largest absolute Gasteiger partial charge is 0.481 e. The van der Waals surface area contributed by atoms with Gasteiger partial charge < -0.3 is 15.2 Å². The molecule has 2 aliphatic rings. The summed E-state index contributed by atoms with van der Waals surface area (Å²) < 4.78 is 19.8. The summed E-state index contributed by atoms with van der Waals surface area (Å²) in [6.07, 6.45) is 0.501.